The number of methoxy groups -OCH3 is 3. The molecule has 1 aliphatic heterocycles. The third kappa shape index (κ3) is 3.99. The van der Waals surface area contributed by atoms with Crippen molar-refractivity contribution in [2.45, 2.75) is 6.54 Å². The molecule has 0 unspecified atom stereocenters. The first-order chi connectivity index (χ1) is 15.9. The number of likely N-dealkylation sites (N-methyl/N-ethyl adjacent to an activating group) is 1. The van der Waals surface area contributed by atoms with E-state index in [1.54, 1.807) is 22.9 Å². The number of carbonyl (C=O) groups excluding carboxylic acids is 1. The summed E-state index contributed by atoms with van der Waals surface area (Å²) in [5.74, 6) is 1.43. The minimum Gasteiger partial charge on any atom is -0.493 e. The minimum absolute atomic E-state index is 0.0145. The molecule has 0 bridgehead atoms. The van der Waals surface area contributed by atoms with Crippen LogP contribution in [0.4, 0.5) is 16.4 Å². The zero-order valence-corrected chi connectivity index (χ0v) is 19.3. The number of nitrogens with zero attached hydrogens (tertiary/aromatic N) is 4. The monoisotopic (exact) mass is 453 g/mol. The van der Waals surface area contributed by atoms with Gasteiger partial charge >= 0.3 is 6.03 Å². The van der Waals surface area contributed by atoms with Gasteiger partial charge in [-0.2, -0.15) is 4.98 Å². The van der Waals surface area contributed by atoms with E-state index in [0.717, 1.165) is 11.3 Å². The van der Waals surface area contributed by atoms with Crippen LogP contribution < -0.4 is 29.6 Å². The van der Waals surface area contributed by atoms with Crippen LogP contribution in [-0.4, -0.2) is 69.4 Å². The van der Waals surface area contributed by atoms with E-state index in [2.05, 4.69) is 9.97 Å². The summed E-state index contributed by atoms with van der Waals surface area (Å²) >= 11 is 0. The number of H-pyrrole nitrogens is 1. The molecule has 2 aromatic carbocycles. The lowest BCUT2D eigenvalue weighted by Gasteiger charge is -2.21. The summed E-state index contributed by atoms with van der Waals surface area (Å²) in [7, 11) is 8.10. The summed E-state index contributed by atoms with van der Waals surface area (Å²) in [6.07, 6.45) is 0. The Hall–Kier alpha value is -3.95. The van der Waals surface area contributed by atoms with E-state index >= 15 is 0 Å². The fraction of sp³-hybridized carbons (Fsp3) is 0.348. The molecule has 33 heavy (non-hydrogen) atoms. The number of carbonyl (C=O) groups is 1. The average Bonchev–Trinajstić information content (AvgIpc) is 3.15. The second-order valence-corrected chi connectivity index (χ2v) is 7.82. The van der Waals surface area contributed by atoms with Gasteiger partial charge in [0.05, 0.1) is 26.8 Å². The molecule has 0 atom stereocenters. The SMILES string of the molecule is COc1cc2[nH]c(N(C)Cc3cccc(N4CCN(C)C4=O)c3)nc(=O)c2c(OC)c1OC. The first-order valence-electron chi connectivity index (χ1n) is 10.4. The summed E-state index contributed by atoms with van der Waals surface area (Å²) in [6.45, 7) is 1.83. The van der Waals surface area contributed by atoms with Gasteiger partial charge in [-0.3, -0.25) is 9.69 Å². The van der Waals surface area contributed by atoms with Gasteiger partial charge in [0.25, 0.3) is 5.56 Å². The van der Waals surface area contributed by atoms with Crippen LogP contribution >= 0.6 is 0 Å². The average molecular weight is 453 g/mol. The summed E-state index contributed by atoms with van der Waals surface area (Å²) in [5.41, 5.74) is 1.90. The molecule has 0 aliphatic carbocycles. The number of anilines is 2. The number of nitrogens with one attached hydrogen (secondary N) is 1. The number of aromatic amines is 1. The molecule has 174 valence electrons. The lowest BCUT2D eigenvalue weighted by atomic mass is 10.1. The zero-order chi connectivity index (χ0) is 23.7. The molecule has 1 fully saturated rings. The highest BCUT2D eigenvalue weighted by molar-refractivity contribution is 5.94. The van der Waals surface area contributed by atoms with Crippen LogP contribution in [-0.2, 0) is 6.54 Å². The molecule has 1 saturated heterocycles. The Morgan fingerprint density at radius 2 is 1.82 bits per heavy atom. The maximum Gasteiger partial charge on any atom is 0.324 e. The van der Waals surface area contributed by atoms with Gasteiger partial charge in [0.2, 0.25) is 11.7 Å². The number of hydrogen-bond donors (Lipinski definition) is 1. The van der Waals surface area contributed by atoms with E-state index in [-0.39, 0.29) is 17.2 Å². The first kappa shape index (κ1) is 22.3. The molecule has 1 aromatic heterocycles. The number of rotatable bonds is 7. The van der Waals surface area contributed by atoms with Crippen LogP contribution in [0.5, 0.6) is 17.2 Å². The Labute approximate surface area is 191 Å². The van der Waals surface area contributed by atoms with Crippen molar-refractivity contribution < 1.29 is 19.0 Å². The summed E-state index contributed by atoms with van der Waals surface area (Å²) < 4.78 is 16.2. The third-order valence-electron chi connectivity index (χ3n) is 5.72. The summed E-state index contributed by atoms with van der Waals surface area (Å²) in [5, 5.41) is 0.283. The second-order valence-electron chi connectivity index (χ2n) is 7.82. The smallest absolute Gasteiger partial charge is 0.324 e. The van der Waals surface area contributed by atoms with E-state index in [1.165, 1.54) is 21.3 Å². The maximum absolute atomic E-state index is 12.9. The standard InChI is InChI=1S/C23H27N5O5/c1-26-9-10-28(23(26)30)15-8-6-7-14(11-15)13-27(2)22-24-16-12-17(31-3)19(32-4)20(33-5)18(16)21(29)25-22/h6-8,11-12H,9-10,13H2,1-5H3,(H,24,25,29). The minimum atomic E-state index is -0.442. The molecule has 1 N–H and O–H groups in total. The maximum atomic E-state index is 12.9. The van der Waals surface area contributed by atoms with E-state index < -0.39 is 5.56 Å². The number of ether oxygens (including phenoxy) is 3. The molecule has 10 heteroatoms. The normalized spacial score (nSPS) is 13.5. The molecule has 2 amide bonds. The summed E-state index contributed by atoms with van der Waals surface area (Å²) in [4.78, 5) is 38.0. The third-order valence-corrected chi connectivity index (χ3v) is 5.72. The number of hydrogen-bond acceptors (Lipinski definition) is 7. The van der Waals surface area contributed by atoms with Crippen molar-refractivity contribution in [1.82, 2.24) is 14.9 Å². The van der Waals surface area contributed by atoms with Gasteiger partial charge in [0, 0.05) is 45.5 Å². The van der Waals surface area contributed by atoms with E-state index in [9.17, 15) is 9.59 Å². The molecule has 10 nitrogen and oxygen atoms in total. The van der Waals surface area contributed by atoms with E-state index in [4.69, 9.17) is 14.2 Å². The highest BCUT2D eigenvalue weighted by Gasteiger charge is 2.26. The quantitative estimate of drug-likeness (QED) is 0.587. The molecule has 0 saturated carbocycles. The molecule has 2 heterocycles. The van der Waals surface area contributed by atoms with Gasteiger partial charge in [0.1, 0.15) is 5.39 Å². The van der Waals surface area contributed by atoms with Crippen LogP contribution in [0.25, 0.3) is 10.9 Å². The van der Waals surface area contributed by atoms with Crippen molar-refractivity contribution in [3.05, 3.63) is 46.2 Å². The predicted octanol–water partition coefficient (Wildman–Crippen LogP) is 2.46. The van der Waals surface area contributed by atoms with Crippen LogP contribution in [0.2, 0.25) is 0 Å². The van der Waals surface area contributed by atoms with Gasteiger partial charge < -0.3 is 29.0 Å². The lowest BCUT2D eigenvalue weighted by molar-refractivity contribution is 0.229. The van der Waals surface area contributed by atoms with Gasteiger partial charge in [-0.1, -0.05) is 12.1 Å². The molecule has 3 aromatic rings. The van der Waals surface area contributed by atoms with E-state index in [1.807, 2.05) is 36.2 Å². The van der Waals surface area contributed by atoms with Gasteiger partial charge in [-0.05, 0) is 17.7 Å². The largest absolute Gasteiger partial charge is 0.493 e. The highest BCUT2D eigenvalue weighted by Crippen LogP contribution is 2.41. The second kappa shape index (κ2) is 8.89. The van der Waals surface area contributed by atoms with Gasteiger partial charge in [-0.25, -0.2) is 4.79 Å². The molecule has 0 radical (unpaired) electrons. The van der Waals surface area contributed by atoms with Crippen molar-refractivity contribution in [2.75, 3.05) is 58.3 Å². The van der Waals surface area contributed by atoms with Crippen molar-refractivity contribution in [2.24, 2.45) is 0 Å². The van der Waals surface area contributed by atoms with Crippen molar-refractivity contribution in [3.63, 3.8) is 0 Å². The van der Waals surface area contributed by atoms with Crippen molar-refractivity contribution in [3.8, 4) is 17.2 Å². The predicted molar refractivity (Wildman–Crippen MR) is 126 cm³/mol. The fourth-order valence-corrected chi connectivity index (χ4v) is 4.01. The Bertz CT molecular complexity index is 1260. The Morgan fingerprint density at radius 3 is 2.45 bits per heavy atom. The topological polar surface area (TPSA) is 100 Å². The van der Waals surface area contributed by atoms with Crippen LogP contribution in [0, 0.1) is 0 Å². The van der Waals surface area contributed by atoms with E-state index in [0.29, 0.717) is 42.6 Å². The lowest BCUT2D eigenvalue weighted by Crippen LogP contribution is -2.29. The number of amides is 2. The molecular weight excluding hydrogens is 426 g/mol. The fourth-order valence-electron chi connectivity index (χ4n) is 4.01. The van der Waals surface area contributed by atoms with Crippen molar-refractivity contribution >= 4 is 28.6 Å². The highest BCUT2D eigenvalue weighted by atomic mass is 16.5. The number of urea groups is 1. The molecular formula is C23H27N5O5. The Balaban J connectivity index is 1.67. The van der Waals surface area contributed by atoms with Crippen molar-refractivity contribution in [1.29, 1.82) is 0 Å². The Kier molecular flexibility index (Phi) is 5.99. The summed E-state index contributed by atoms with van der Waals surface area (Å²) in [6, 6.07) is 9.46. The van der Waals surface area contributed by atoms with Crippen LogP contribution in [0.15, 0.2) is 35.1 Å². The number of fused-ring (bicyclic) bond motifs is 1. The molecule has 1 aliphatic rings. The van der Waals surface area contributed by atoms with Crippen LogP contribution in [0.3, 0.4) is 0 Å². The first-order valence-corrected chi connectivity index (χ1v) is 10.4. The Morgan fingerprint density at radius 1 is 1.06 bits per heavy atom. The van der Waals surface area contributed by atoms with Gasteiger partial charge in [-0.15, -0.1) is 0 Å². The number of aromatic nitrogens is 2. The molecule has 4 rings (SSSR count). The zero-order valence-electron chi connectivity index (χ0n) is 19.3. The number of benzene rings is 2. The van der Waals surface area contributed by atoms with Crippen LogP contribution in [0.1, 0.15) is 5.56 Å². The molecule has 0 spiro atoms. The van der Waals surface area contributed by atoms with Gasteiger partial charge in [0.15, 0.2) is 11.5 Å².